The van der Waals surface area contributed by atoms with Crippen LogP contribution >= 0.6 is 0 Å². The fourth-order valence-corrected chi connectivity index (χ4v) is 2.83. The highest BCUT2D eigenvalue weighted by Gasteiger charge is 2.40. The summed E-state index contributed by atoms with van der Waals surface area (Å²) in [5.41, 5.74) is -0.229. The first-order valence-corrected chi connectivity index (χ1v) is 7.70. The average molecular weight is 308 g/mol. The van der Waals surface area contributed by atoms with Gasteiger partial charge in [0.15, 0.2) is 0 Å². The molecule has 0 spiro atoms. The fourth-order valence-electron chi connectivity index (χ4n) is 2.83. The van der Waals surface area contributed by atoms with Gasteiger partial charge >= 0.3 is 0 Å². The summed E-state index contributed by atoms with van der Waals surface area (Å²) >= 11 is 0. The monoisotopic (exact) mass is 308 g/mol. The second kappa shape index (κ2) is 6.75. The number of rotatable bonds is 5. The van der Waals surface area contributed by atoms with Gasteiger partial charge in [0.1, 0.15) is 11.4 Å². The van der Waals surface area contributed by atoms with Crippen molar-refractivity contribution in [2.75, 3.05) is 26.7 Å². The number of nitrogens with one attached hydrogen (secondary N) is 2. The number of benzene rings is 1. The van der Waals surface area contributed by atoms with Gasteiger partial charge in [-0.1, -0.05) is 26.0 Å². The van der Waals surface area contributed by atoms with Crippen LogP contribution in [0.15, 0.2) is 24.3 Å². The number of amides is 1. The van der Waals surface area contributed by atoms with Crippen molar-refractivity contribution in [2.24, 2.45) is 0 Å². The van der Waals surface area contributed by atoms with Gasteiger partial charge in [-0.2, -0.15) is 0 Å². The molecule has 0 aliphatic carbocycles. The maximum Gasteiger partial charge on any atom is 0.252 e. The van der Waals surface area contributed by atoms with Crippen LogP contribution in [0.1, 0.15) is 32.3 Å². The summed E-state index contributed by atoms with van der Waals surface area (Å²) in [6, 6.07) is 6.51. The molecule has 0 saturated carbocycles. The number of halogens is 1. The Labute approximate surface area is 131 Å². The molecular weight excluding hydrogens is 283 g/mol. The molecule has 0 atom stereocenters. The summed E-state index contributed by atoms with van der Waals surface area (Å²) in [4.78, 5) is 12.6. The number of methoxy groups -OCH3 is 1. The molecule has 1 aromatic carbocycles. The van der Waals surface area contributed by atoms with Gasteiger partial charge in [0.25, 0.3) is 5.91 Å². The van der Waals surface area contributed by atoms with Crippen LogP contribution in [0.25, 0.3) is 0 Å². The highest BCUT2D eigenvalue weighted by molar-refractivity contribution is 5.85. The highest BCUT2D eigenvalue weighted by atomic mass is 19.1. The predicted octanol–water partition coefficient (Wildman–Crippen LogP) is 1.99. The van der Waals surface area contributed by atoms with E-state index in [9.17, 15) is 9.18 Å². The van der Waals surface area contributed by atoms with E-state index in [2.05, 4.69) is 10.6 Å². The standard InChI is InChI=1S/C17H25FN2O2/c1-16(2,13-5-4-6-14(18)11-13)12-20-15(21)17(22-3)7-9-19-10-8-17/h4-6,11,19H,7-10,12H2,1-3H3,(H,20,21). The van der Waals surface area contributed by atoms with Crippen LogP contribution in [0.5, 0.6) is 0 Å². The summed E-state index contributed by atoms with van der Waals surface area (Å²) in [5.74, 6) is -0.343. The van der Waals surface area contributed by atoms with E-state index < -0.39 is 5.60 Å². The third-order valence-electron chi connectivity index (χ3n) is 4.51. The van der Waals surface area contributed by atoms with Crippen molar-refractivity contribution in [3.8, 4) is 0 Å². The Balaban J connectivity index is 2.03. The summed E-state index contributed by atoms with van der Waals surface area (Å²) in [6.07, 6.45) is 1.32. The topological polar surface area (TPSA) is 50.4 Å². The molecule has 5 heteroatoms. The smallest absolute Gasteiger partial charge is 0.252 e. The Morgan fingerprint density at radius 2 is 2.09 bits per heavy atom. The SMILES string of the molecule is COC1(C(=O)NCC(C)(C)c2cccc(F)c2)CCNCC1. The van der Waals surface area contributed by atoms with Gasteiger partial charge in [0.2, 0.25) is 0 Å². The second-order valence-corrected chi connectivity index (χ2v) is 6.53. The number of ether oxygens (including phenoxy) is 1. The molecule has 1 saturated heterocycles. The molecule has 1 aliphatic rings. The first-order chi connectivity index (χ1) is 10.4. The summed E-state index contributed by atoms with van der Waals surface area (Å²) in [7, 11) is 1.59. The van der Waals surface area contributed by atoms with Crippen LogP contribution in [0.2, 0.25) is 0 Å². The third kappa shape index (κ3) is 3.65. The summed E-state index contributed by atoms with van der Waals surface area (Å²) < 4.78 is 18.9. The van der Waals surface area contributed by atoms with Crippen LogP contribution in [-0.4, -0.2) is 38.3 Å². The molecule has 0 bridgehead atoms. The van der Waals surface area contributed by atoms with Crippen molar-refractivity contribution >= 4 is 5.91 Å². The minimum Gasteiger partial charge on any atom is -0.368 e. The van der Waals surface area contributed by atoms with Crippen LogP contribution in [0, 0.1) is 5.82 Å². The zero-order chi connectivity index (χ0) is 16.2. The molecule has 1 aromatic rings. The van der Waals surface area contributed by atoms with Gasteiger partial charge in [-0.3, -0.25) is 4.79 Å². The Kier molecular flexibility index (Phi) is 5.19. The molecule has 1 fully saturated rings. The van der Waals surface area contributed by atoms with E-state index in [1.54, 1.807) is 13.2 Å². The van der Waals surface area contributed by atoms with E-state index in [1.165, 1.54) is 12.1 Å². The molecule has 0 aromatic heterocycles. The Bertz CT molecular complexity index is 525. The Hall–Kier alpha value is -1.46. The van der Waals surface area contributed by atoms with Crippen LogP contribution in [0.3, 0.4) is 0 Å². The van der Waals surface area contributed by atoms with E-state index in [1.807, 2.05) is 19.9 Å². The number of piperidine rings is 1. The van der Waals surface area contributed by atoms with Gasteiger partial charge in [-0.25, -0.2) is 4.39 Å². The zero-order valence-corrected chi connectivity index (χ0v) is 13.5. The molecule has 0 radical (unpaired) electrons. The average Bonchev–Trinajstić information content (AvgIpc) is 2.53. The number of hydrogen-bond donors (Lipinski definition) is 2. The van der Waals surface area contributed by atoms with E-state index in [0.717, 1.165) is 18.7 Å². The minimum absolute atomic E-state index is 0.0824. The van der Waals surface area contributed by atoms with Crippen LogP contribution < -0.4 is 10.6 Å². The third-order valence-corrected chi connectivity index (χ3v) is 4.51. The van der Waals surface area contributed by atoms with Gasteiger partial charge in [0, 0.05) is 19.1 Å². The highest BCUT2D eigenvalue weighted by Crippen LogP contribution is 2.25. The molecule has 1 amide bonds. The minimum atomic E-state index is -0.747. The predicted molar refractivity (Wildman–Crippen MR) is 84.3 cm³/mol. The molecule has 1 heterocycles. The van der Waals surface area contributed by atoms with Gasteiger partial charge < -0.3 is 15.4 Å². The van der Waals surface area contributed by atoms with E-state index in [-0.39, 0.29) is 17.1 Å². The van der Waals surface area contributed by atoms with E-state index in [4.69, 9.17) is 4.74 Å². The first kappa shape index (κ1) is 16.9. The molecule has 22 heavy (non-hydrogen) atoms. The van der Waals surface area contributed by atoms with Crippen LogP contribution in [0.4, 0.5) is 4.39 Å². The second-order valence-electron chi connectivity index (χ2n) is 6.53. The molecular formula is C17H25FN2O2. The number of carbonyl (C=O) groups excluding carboxylic acids is 1. The first-order valence-electron chi connectivity index (χ1n) is 7.70. The molecule has 2 rings (SSSR count). The van der Waals surface area contributed by atoms with Gasteiger partial charge in [-0.15, -0.1) is 0 Å². The van der Waals surface area contributed by atoms with Crippen molar-refractivity contribution in [2.45, 2.75) is 37.7 Å². The van der Waals surface area contributed by atoms with Crippen molar-refractivity contribution in [3.05, 3.63) is 35.6 Å². The normalized spacial score (nSPS) is 18.0. The van der Waals surface area contributed by atoms with Crippen molar-refractivity contribution in [1.29, 1.82) is 0 Å². The number of carbonyl (C=O) groups is 1. The summed E-state index contributed by atoms with van der Waals surface area (Å²) in [6.45, 7) is 5.96. The van der Waals surface area contributed by atoms with Crippen LogP contribution in [-0.2, 0) is 14.9 Å². The lowest BCUT2D eigenvalue weighted by atomic mass is 9.84. The maximum absolute atomic E-state index is 13.4. The lowest BCUT2D eigenvalue weighted by Crippen LogP contribution is -2.55. The fraction of sp³-hybridized carbons (Fsp3) is 0.588. The van der Waals surface area contributed by atoms with Crippen molar-refractivity contribution < 1.29 is 13.9 Å². The summed E-state index contributed by atoms with van der Waals surface area (Å²) in [5, 5.41) is 6.22. The Morgan fingerprint density at radius 3 is 2.68 bits per heavy atom. The van der Waals surface area contributed by atoms with Gasteiger partial charge in [0.05, 0.1) is 0 Å². The number of hydrogen-bond acceptors (Lipinski definition) is 3. The van der Waals surface area contributed by atoms with E-state index in [0.29, 0.717) is 19.4 Å². The molecule has 122 valence electrons. The molecule has 1 aliphatic heterocycles. The van der Waals surface area contributed by atoms with E-state index >= 15 is 0 Å². The van der Waals surface area contributed by atoms with Crippen molar-refractivity contribution in [3.63, 3.8) is 0 Å². The van der Waals surface area contributed by atoms with Gasteiger partial charge in [-0.05, 0) is 43.6 Å². The quantitative estimate of drug-likeness (QED) is 0.874. The maximum atomic E-state index is 13.4. The molecule has 4 nitrogen and oxygen atoms in total. The van der Waals surface area contributed by atoms with Crippen molar-refractivity contribution in [1.82, 2.24) is 10.6 Å². The molecule has 2 N–H and O–H groups in total. The lowest BCUT2D eigenvalue weighted by molar-refractivity contribution is -0.146. The lowest BCUT2D eigenvalue weighted by Gasteiger charge is -2.36. The zero-order valence-electron chi connectivity index (χ0n) is 13.5. The largest absolute Gasteiger partial charge is 0.368 e. The Morgan fingerprint density at radius 1 is 1.41 bits per heavy atom. The molecule has 0 unspecified atom stereocenters.